The van der Waals surface area contributed by atoms with E-state index in [0.717, 1.165) is 33.4 Å². The molecule has 0 aliphatic rings. The molecule has 0 bridgehead atoms. The van der Waals surface area contributed by atoms with Crippen LogP contribution >= 0.6 is 0 Å². The van der Waals surface area contributed by atoms with Crippen molar-refractivity contribution in [2.75, 3.05) is 0 Å². The molecule has 0 fully saturated rings. The quantitative estimate of drug-likeness (QED) is 0.264. The maximum absolute atomic E-state index is 13.2. The highest BCUT2D eigenvalue weighted by molar-refractivity contribution is 6.09. The first-order valence-electron chi connectivity index (χ1n) is 9.80. The number of hydrogen-bond acceptors (Lipinski definition) is 1. The third kappa shape index (κ3) is 4.41. The van der Waals surface area contributed by atoms with E-state index in [1.165, 1.54) is 0 Å². The standard InChI is InChI=1S/C28H22O/c29-27(23-15-7-2-8-16-23)21-26(22-13-5-1-6-14-22)28(24-17-9-3-10-18-24)25-19-11-4-12-20-25/h1-20H,21H2. The van der Waals surface area contributed by atoms with Crippen molar-refractivity contribution in [1.29, 1.82) is 0 Å². The molecule has 0 saturated heterocycles. The van der Waals surface area contributed by atoms with Gasteiger partial charge in [0, 0.05) is 12.0 Å². The topological polar surface area (TPSA) is 17.1 Å². The fourth-order valence-electron chi connectivity index (χ4n) is 3.59. The van der Waals surface area contributed by atoms with Gasteiger partial charge in [-0.1, -0.05) is 121 Å². The third-order valence-corrected chi connectivity index (χ3v) is 4.98. The molecule has 0 unspecified atom stereocenters. The Morgan fingerprint density at radius 3 is 1.21 bits per heavy atom. The van der Waals surface area contributed by atoms with Crippen LogP contribution in [0.25, 0.3) is 11.1 Å². The highest BCUT2D eigenvalue weighted by Gasteiger charge is 2.17. The van der Waals surface area contributed by atoms with Crippen LogP contribution in [0.3, 0.4) is 0 Å². The number of benzene rings is 4. The Kier molecular flexibility index (Phi) is 5.78. The number of hydrogen-bond donors (Lipinski definition) is 0. The second-order valence-corrected chi connectivity index (χ2v) is 6.92. The molecule has 0 heterocycles. The summed E-state index contributed by atoms with van der Waals surface area (Å²) in [7, 11) is 0. The van der Waals surface area contributed by atoms with Crippen LogP contribution in [0.2, 0.25) is 0 Å². The Balaban J connectivity index is 1.92. The minimum absolute atomic E-state index is 0.119. The molecule has 0 saturated carbocycles. The first-order chi connectivity index (χ1) is 14.3. The second-order valence-electron chi connectivity index (χ2n) is 6.92. The van der Waals surface area contributed by atoms with E-state index in [-0.39, 0.29) is 5.78 Å². The largest absolute Gasteiger partial charge is 0.294 e. The number of allylic oxidation sites excluding steroid dienone is 1. The molecule has 0 aromatic heterocycles. The summed E-state index contributed by atoms with van der Waals surface area (Å²) in [5, 5.41) is 0. The molecular weight excluding hydrogens is 352 g/mol. The summed E-state index contributed by atoms with van der Waals surface area (Å²) in [6, 6.07) is 40.4. The lowest BCUT2D eigenvalue weighted by Crippen LogP contribution is -2.04. The number of carbonyl (C=O) groups is 1. The zero-order valence-electron chi connectivity index (χ0n) is 16.2. The summed E-state index contributed by atoms with van der Waals surface area (Å²) in [5.74, 6) is 0.119. The molecule has 0 radical (unpaired) electrons. The first kappa shape index (κ1) is 18.6. The highest BCUT2D eigenvalue weighted by Crippen LogP contribution is 2.35. The van der Waals surface area contributed by atoms with E-state index in [1.54, 1.807) is 0 Å². The lowest BCUT2D eigenvalue weighted by atomic mass is 9.86. The average molecular weight is 374 g/mol. The van der Waals surface area contributed by atoms with E-state index in [2.05, 4.69) is 36.4 Å². The molecule has 1 nitrogen and oxygen atoms in total. The third-order valence-electron chi connectivity index (χ3n) is 4.98. The van der Waals surface area contributed by atoms with Gasteiger partial charge in [0.15, 0.2) is 5.78 Å². The summed E-state index contributed by atoms with van der Waals surface area (Å²) < 4.78 is 0. The van der Waals surface area contributed by atoms with Crippen LogP contribution in [-0.2, 0) is 0 Å². The Bertz CT molecular complexity index is 1050. The van der Waals surface area contributed by atoms with Gasteiger partial charge in [-0.3, -0.25) is 4.79 Å². The van der Waals surface area contributed by atoms with Gasteiger partial charge in [0.2, 0.25) is 0 Å². The van der Waals surface area contributed by atoms with Gasteiger partial charge >= 0.3 is 0 Å². The molecule has 1 heteroatoms. The van der Waals surface area contributed by atoms with Gasteiger partial charge in [-0.25, -0.2) is 0 Å². The summed E-state index contributed by atoms with van der Waals surface area (Å²) in [6.45, 7) is 0. The fraction of sp³-hybridized carbons (Fsp3) is 0.0357. The molecule has 140 valence electrons. The van der Waals surface area contributed by atoms with Gasteiger partial charge in [-0.15, -0.1) is 0 Å². The number of rotatable bonds is 6. The van der Waals surface area contributed by atoms with E-state index in [1.807, 2.05) is 84.9 Å². The predicted octanol–water partition coefficient (Wildman–Crippen LogP) is 6.92. The van der Waals surface area contributed by atoms with Gasteiger partial charge in [-0.05, 0) is 27.8 Å². The summed E-state index contributed by atoms with van der Waals surface area (Å²) in [5.41, 5.74) is 6.16. The smallest absolute Gasteiger partial charge is 0.167 e. The van der Waals surface area contributed by atoms with Gasteiger partial charge in [0.1, 0.15) is 0 Å². The van der Waals surface area contributed by atoms with Crippen LogP contribution in [0.15, 0.2) is 121 Å². The normalized spacial score (nSPS) is 10.3. The van der Waals surface area contributed by atoms with Crippen molar-refractivity contribution in [3.63, 3.8) is 0 Å². The lowest BCUT2D eigenvalue weighted by molar-refractivity contribution is 0.0998. The summed E-state index contributed by atoms with van der Waals surface area (Å²) in [4.78, 5) is 13.2. The zero-order valence-corrected chi connectivity index (χ0v) is 16.2. The number of carbonyl (C=O) groups excluding carboxylic acids is 1. The molecule has 4 aromatic rings. The van der Waals surface area contributed by atoms with E-state index in [0.29, 0.717) is 6.42 Å². The molecule has 29 heavy (non-hydrogen) atoms. The Labute approximate surface area is 172 Å². The minimum atomic E-state index is 0.119. The van der Waals surface area contributed by atoms with Crippen molar-refractivity contribution < 1.29 is 4.79 Å². The van der Waals surface area contributed by atoms with E-state index in [4.69, 9.17) is 0 Å². The Hall–Kier alpha value is -3.71. The SMILES string of the molecule is O=C(CC(=C(c1ccccc1)c1ccccc1)c1ccccc1)c1ccccc1. The van der Waals surface area contributed by atoms with Gasteiger partial charge in [0.25, 0.3) is 0 Å². The van der Waals surface area contributed by atoms with Crippen LogP contribution in [0, 0.1) is 0 Å². The van der Waals surface area contributed by atoms with Crippen molar-refractivity contribution in [1.82, 2.24) is 0 Å². The van der Waals surface area contributed by atoms with Crippen molar-refractivity contribution in [3.8, 4) is 0 Å². The van der Waals surface area contributed by atoms with Crippen LogP contribution in [0.1, 0.15) is 33.5 Å². The molecule has 0 atom stereocenters. The fourth-order valence-corrected chi connectivity index (χ4v) is 3.59. The van der Waals surface area contributed by atoms with Crippen molar-refractivity contribution in [2.24, 2.45) is 0 Å². The van der Waals surface area contributed by atoms with E-state index in [9.17, 15) is 4.79 Å². The van der Waals surface area contributed by atoms with Crippen molar-refractivity contribution in [2.45, 2.75) is 6.42 Å². The minimum Gasteiger partial charge on any atom is -0.294 e. The number of Topliss-reactive ketones (excluding diaryl/α,β-unsaturated/α-hetero) is 1. The zero-order chi connectivity index (χ0) is 19.9. The van der Waals surface area contributed by atoms with E-state index >= 15 is 0 Å². The molecular formula is C28H22O. The first-order valence-corrected chi connectivity index (χ1v) is 9.80. The maximum Gasteiger partial charge on any atom is 0.167 e. The van der Waals surface area contributed by atoms with Gasteiger partial charge in [0.05, 0.1) is 0 Å². The predicted molar refractivity (Wildman–Crippen MR) is 121 cm³/mol. The molecule has 4 aromatic carbocycles. The van der Waals surface area contributed by atoms with Crippen LogP contribution in [0.4, 0.5) is 0 Å². The molecule has 0 aliphatic carbocycles. The molecule has 0 aliphatic heterocycles. The molecule has 0 N–H and O–H groups in total. The lowest BCUT2D eigenvalue weighted by Gasteiger charge is -2.17. The van der Waals surface area contributed by atoms with Crippen LogP contribution in [-0.4, -0.2) is 5.78 Å². The Morgan fingerprint density at radius 1 is 0.448 bits per heavy atom. The van der Waals surface area contributed by atoms with Crippen molar-refractivity contribution >= 4 is 16.9 Å². The average Bonchev–Trinajstić information content (AvgIpc) is 2.81. The van der Waals surface area contributed by atoms with Crippen molar-refractivity contribution in [3.05, 3.63) is 144 Å². The maximum atomic E-state index is 13.2. The summed E-state index contributed by atoms with van der Waals surface area (Å²) in [6.07, 6.45) is 0.340. The van der Waals surface area contributed by atoms with E-state index < -0.39 is 0 Å². The van der Waals surface area contributed by atoms with Crippen LogP contribution in [0.5, 0.6) is 0 Å². The molecule has 0 amide bonds. The monoisotopic (exact) mass is 374 g/mol. The Morgan fingerprint density at radius 2 is 0.793 bits per heavy atom. The van der Waals surface area contributed by atoms with Gasteiger partial charge < -0.3 is 0 Å². The van der Waals surface area contributed by atoms with Gasteiger partial charge in [-0.2, -0.15) is 0 Å². The van der Waals surface area contributed by atoms with Crippen LogP contribution < -0.4 is 0 Å². The summed E-state index contributed by atoms with van der Waals surface area (Å²) >= 11 is 0. The molecule has 4 rings (SSSR count). The number of ketones is 1. The second kappa shape index (κ2) is 8.99. The molecule has 0 spiro atoms. The highest BCUT2D eigenvalue weighted by atomic mass is 16.1.